The quantitative estimate of drug-likeness (QED) is 0.271. The minimum atomic E-state index is -0.285. The van der Waals surface area contributed by atoms with Gasteiger partial charge in [0.25, 0.3) is 5.91 Å². The third-order valence-corrected chi connectivity index (χ3v) is 6.32. The third kappa shape index (κ3) is 4.62. The van der Waals surface area contributed by atoms with Crippen LogP contribution in [-0.2, 0) is 6.54 Å². The van der Waals surface area contributed by atoms with Gasteiger partial charge in [0.05, 0.1) is 6.04 Å². The van der Waals surface area contributed by atoms with E-state index in [-0.39, 0.29) is 11.9 Å². The number of halogens is 1. The first-order valence-corrected chi connectivity index (χ1v) is 11.7. The molecule has 5 rings (SSSR count). The van der Waals surface area contributed by atoms with E-state index in [1.54, 1.807) is 0 Å². The molecule has 1 atom stereocenters. The van der Waals surface area contributed by atoms with Crippen LogP contribution in [0.4, 0.5) is 0 Å². The van der Waals surface area contributed by atoms with Gasteiger partial charge in [0.2, 0.25) is 0 Å². The Balaban J connectivity index is 1.62. The van der Waals surface area contributed by atoms with Crippen LogP contribution in [0, 0.1) is 0 Å². The van der Waals surface area contributed by atoms with Gasteiger partial charge in [0.15, 0.2) is 0 Å². The van der Waals surface area contributed by atoms with Gasteiger partial charge in [-0.05, 0) is 41.5 Å². The van der Waals surface area contributed by atoms with Crippen LogP contribution < -0.4 is 5.32 Å². The van der Waals surface area contributed by atoms with Crippen LogP contribution in [0.25, 0.3) is 10.9 Å². The lowest BCUT2D eigenvalue weighted by molar-refractivity contribution is 0.0943. The number of aromatic nitrogens is 1. The lowest BCUT2D eigenvalue weighted by Crippen LogP contribution is -2.29. The average molecular weight is 495 g/mol. The molecule has 5 aromatic rings. The maximum atomic E-state index is 13.2. The molecular weight excluding hydrogens is 472 g/mol. The maximum absolute atomic E-state index is 13.2. The van der Waals surface area contributed by atoms with E-state index in [1.807, 2.05) is 54.6 Å². The molecular formula is C29H23BrN2O. The van der Waals surface area contributed by atoms with Crippen LogP contribution in [0.2, 0.25) is 0 Å². The van der Waals surface area contributed by atoms with Crippen molar-refractivity contribution in [3.63, 3.8) is 0 Å². The van der Waals surface area contributed by atoms with Crippen molar-refractivity contribution in [2.24, 2.45) is 0 Å². The summed E-state index contributed by atoms with van der Waals surface area (Å²) < 4.78 is 3.27. The predicted molar refractivity (Wildman–Crippen MR) is 137 cm³/mol. The number of nitrogens with zero attached hydrogens (tertiary/aromatic N) is 1. The van der Waals surface area contributed by atoms with Crippen LogP contribution in [0.3, 0.4) is 0 Å². The normalized spacial score (nSPS) is 11.9. The average Bonchev–Trinajstić information content (AvgIpc) is 3.21. The van der Waals surface area contributed by atoms with Crippen molar-refractivity contribution >= 4 is 32.7 Å². The third-order valence-electron chi connectivity index (χ3n) is 5.83. The monoisotopic (exact) mass is 494 g/mol. The van der Waals surface area contributed by atoms with Gasteiger partial charge in [-0.15, -0.1) is 0 Å². The molecule has 1 heterocycles. The summed E-state index contributed by atoms with van der Waals surface area (Å²) in [7, 11) is 0. The highest BCUT2D eigenvalue weighted by Crippen LogP contribution is 2.33. The Kier molecular flexibility index (Phi) is 6.09. The largest absolute Gasteiger partial charge is 0.343 e. The Morgan fingerprint density at radius 2 is 1.45 bits per heavy atom. The summed E-state index contributed by atoms with van der Waals surface area (Å²) in [5.41, 5.74) is 5.12. The molecule has 3 nitrogen and oxygen atoms in total. The number of nitrogens with one attached hydrogen (secondary N) is 1. The Bertz CT molecular complexity index is 1380. The number of benzene rings is 4. The van der Waals surface area contributed by atoms with E-state index in [4.69, 9.17) is 0 Å². The van der Waals surface area contributed by atoms with Crippen molar-refractivity contribution in [3.8, 4) is 0 Å². The molecule has 4 heteroatoms. The van der Waals surface area contributed by atoms with Gasteiger partial charge in [0, 0.05) is 39.2 Å². The number of hydrogen-bond donors (Lipinski definition) is 1. The van der Waals surface area contributed by atoms with Crippen molar-refractivity contribution in [1.82, 2.24) is 9.88 Å². The zero-order chi connectivity index (χ0) is 22.6. The van der Waals surface area contributed by atoms with Crippen molar-refractivity contribution in [1.29, 1.82) is 0 Å². The van der Waals surface area contributed by atoms with E-state index in [1.165, 1.54) is 5.56 Å². The summed E-state index contributed by atoms with van der Waals surface area (Å²) in [6.07, 6.45) is 2.17. The number of carbonyl (C=O) groups excluding carboxylic acids is 1. The predicted octanol–water partition coefficient (Wildman–Crippen LogP) is 6.97. The van der Waals surface area contributed by atoms with E-state index in [2.05, 4.69) is 86.6 Å². The Labute approximate surface area is 201 Å². The summed E-state index contributed by atoms with van der Waals surface area (Å²) in [4.78, 5) is 13.2. The summed E-state index contributed by atoms with van der Waals surface area (Å²) in [6.45, 7) is 0.757. The molecule has 0 saturated heterocycles. The zero-order valence-corrected chi connectivity index (χ0v) is 19.6. The highest BCUT2D eigenvalue weighted by atomic mass is 79.9. The van der Waals surface area contributed by atoms with Gasteiger partial charge >= 0.3 is 0 Å². The molecule has 0 radical (unpaired) electrons. The Morgan fingerprint density at radius 1 is 0.818 bits per heavy atom. The number of fused-ring (bicyclic) bond motifs is 1. The molecule has 4 aromatic carbocycles. The molecule has 33 heavy (non-hydrogen) atoms. The van der Waals surface area contributed by atoms with E-state index in [9.17, 15) is 4.79 Å². The maximum Gasteiger partial charge on any atom is 0.252 e. The molecule has 1 N–H and O–H groups in total. The minimum Gasteiger partial charge on any atom is -0.343 e. The fourth-order valence-electron chi connectivity index (χ4n) is 4.23. The van der Waals surface area contributed by atoms with E-state index >= 15 is 0 Å². The van der Waals surface area contributed by atoms with Crippen molar-refractivity contribution in [3.05, 3.63) is 142 Å². The van der Waals surface area contributed by atoms with Gasteiger partial charge in [-0.2, -0.15) is 0 Å². The minimum absolute atomic E-state index is 0.0941. The van der Waals surface area contributed by atoms with Crippen LogP contribution >= 0.6 is 15.9 Å². The lowest BCUT2D eigenvalue weighted by Gasteiger charge is -2.19. The number of carbonyl (C=O) groups is 1. The van der Waals surface area contributed by atoms with Gasteiger partial charge < -0.3 is 9.88 Å². The fraction of sp³-hybridized carbons (Fsp3) is 0.0690. The molecule has 0 spiro atoms. The molecule has 1 aromatic heterocycles. The van der Waals surface area contributed by atoms with Crippen LogP contribution in [0.1, 0.15) is 33.1 Å². The second kappa shape index (κ2) is 9.47. The van der Waals surface area contributed by atoms with Crippen molar-refractivity contribution < 1.29 is 4.79 Å². The number of amides is 1. The molecule has 0 aliphatic carbocycles. The first-order valence-electron chi connectivity index (χ1n) is 10.9. The summed E-state index contributed by atoms with van der Waals surface area (Å²) in [5, 5.41) is 4.40. The van der Waals surface area contributed by atoms with Crippen LogP contribution in [-0.4, -0.2) is 10.5 Å². The molecule has 162 valence electrons. The van der Waals surface area contributed by atoms with E-state index < -0.39 is 0 Å². The molecule has 1 amide bonds. The van der Waals surface area contributed by atoms with Crippen LogP contribution in [0.15, 0.2) is 120 Å². The van der Waals surface area contributed by atoms with Crippen molar-refractivity contribution in [2.75, 3.05) is 0 Å². The van der Waals surface area contributed by atoms with E-state index in [0.717, 1.165) is 33.0 Å². The van der Waals surface area contributed by atoms with Gasteiger partial charge in [0.1, 0.15) is 0 Å². The SMILES string of the molecule is O=C(N[C@H](c1ccccc1)c1cn(Cc2ccccc2)c2ccc(Br)cc12)c1ccccc1. The number of hydrogen-bond acceptors (Lipinski definition) is 1. The van der Waals surface area contributed by atoms with Crippen LogP contribution in [0.5, 0.6) is 0 Å². The highest BCUT2D eigenvalue weighted by molar-refractivity contribution is 9.10. The fourth-order valence-corrected chi connectivity index (χ4v) is 4.59. The molecule has 0 aliphatic rings. The molecule has 0 saturated carbocycles. The topological polar surface area (TPSA) is 34.0 Å². The second-order valence-corrected chi connectivity index (χ2v) is 8.96. The smallest absolute Gasteiger partial charge is 0.252 e. The Hall–Kier alpha value is -3.63. The molecule has 0 unspecified atom stereocenters. The zero-order valence-electron chi connectivity index (χ0n) is 18.0. The first-order chi connectivity index (χ1) is 16.2. The highest BCUT2D eigenvalue weighted by Gasteiger charge is 2.22. The molecule has 0 aliphatic heterocycles. The molecule has 0 bridgehead atoms. The number of rotatable bonds is 6. The summed E-state index contributed by atoms with van der Waals surface area (Å²) in [5.74, 6) is -0.0941. The van der Waals surface area contributed by atoms with E-state index in [0.29, 0.717) is 5.56 Å². The summed E-state index contributed by atoms with van der Waals surface area (Å²) >= 11 is 3.64. The first kappa shape index (κ1) is 21.2. The van der Waals surface area contributed by atoms with Crippen molar-refractivity contribution in [2.45, 2.75) is 12.6 Å². The lowest BCUT2D eigenvalue weighted by atomic mass is 9.97. The van der Waals surface area contributed by atoms with Gasteiger partial charge in [-0.25, -0.2) is 0 Å². The Morgan fingerprint density at radius 3 is 2.15 bits per heavy atom. The summed E-state index contributed by atoms with van der Waals surface area (Å²) in [6, 6.07) is 36.0. The van der Waals surface area contributed by atoms with Gasteiger partial charge in [-0.3, -0.25) is 4.79 Å². The standard InChI is InChI=1S/C29H23BrN2O/c30-24-16-17-27-25(18-24)26(20-32(27)19-21-10-4-1-5-11-21)28(22-12-6-2-7-13-22)31-29(33)23-14-8-3-9-15-23/h1-18,20,28H,19H2,(H,31,33)/t28-/m1/s1. The van der Waals surface area contributed by atoms with Gasteiger partial charge in [-0.1, -0.05) is 94.8 Å². The molecule has 0 fully saturated rings. The second-order valence-electron chi connectivity index (χ2n) is 8.04.